The molecule has 1 aliphatic rings. The maximum absolute atomic E-state index is 10.9. The van der Waals surface area contributed by atoms with Crippen molar-refractivity contribution < 1.29 is 4.92 Å². The molecule has 2 rings (SSSR count). The van der Waals surface area contributed by atoms with E-state index < -0.39 is 10.5 Å². The van der Waals surface area contributed by atoms with E-state index in [2.05, 4.69) is 20.4 Å². The second kappa shape index (κ2) is 2.97. The Labute approximate surface area is 85.1 Å². The third-order valence-corrected chi connectivity index (χ3v) is 2.41. The Kier molecular flexibility index (Phi) is 1.88. The highest BCUT2D eigenvalue weighted by Gasteiger charge is 2.47. The van der Waals surface area contributed by atoms with Crippen molar-refractivity contribution in [3.05, 3.63) is 39.5 Å². The average Bonchev–Trinajstić information content (AvgIpc) is 2.74. The SMILES string of the molecule is CC1=C([N+](=O)[O-])C(C)(c2ccn[nH]2)N=N1. The largest absolute Gasteiger partial charge is 0.304 e. The molecule has 1 unspecified atom stereocenters. The number of rotatable bonds is 2. The molecule has 0 fully saturated rings. The van der Waals surface area contributed by atoms with Crippen LogP contribution in [0.1, 0.15) is 19.5 Å². The summed E-state index contributed by atoms with van der Waals surface area (Å²) in [6, 6.07) is 1.65. The van der Waals surface area contributed by atoms with Gasteiger partial charge in [0.1, 0.15) is 5.70 Å². The summed E-state index contributed by atoms with van der Waals surface area (Å²) in [5.41, 5.74) is -0.164. The zero-order valence-corrected chi connectivity index (χ0v) is 8.26. The van der Waals surface area contributed by atoms with E-state index in [0.29, 0.717) is 11.4 Å². The van der Waals surface area contributed by atoms with Gasteiger partial charge in [-0.05, 0) is 19.9 Å². The average molecular weight is 207 g/mol. The van der Waals surface area contributed by atoms with Crippen molar-refractivity contribution in [1.82, 2.24) is 10.2 Å². The van der Waals surface area contributed by atoms with Gasteiger partial charge in [-0.25, -0.2) is 0 Å². The highest BCUT2D eigenvalue weighted by Crippen LogP contribution is 2.39. The van der Waals surface area contributed by atoms with Gasteiger partial charge in [-0.1, -0.05) is 0 Å². The maximum atomic E-state index is 10.9. The van der Waals surface area contributed by atoms with Crippen molar-refractivity contribution in [3.63, 3.8) is 0 Å². The van der Waals surface area contributed by atoms with Crippen LogP contribution in [-0.2, 0) is 5.54 Å². The van der Waals surface area contributed by atoms with Gasteiger partial charge in [-0.3, -0.25) is 15.2 Å². The minimum absolute atomic E-state index is 0.00764. The van der Waals surface area contributed by atoms with E-state index in [1.807, 2.05) is 0 Å². The molecular formula is C8H9N5O2. The monoisotopic (exact) mass is 207 g/mol. The number of azo groups is 1. The summed E-state index contributed by atoms with van der Waals surface area (Å²) in [5.74, 6) is 0. The number of H-pyrrole nitrogens is 1. The fourth-order valence-electron chi connectivity index (χ4n) is 1.64. The fourth-order valence-corrected chi connectivity index (χ4v) is 1.64. The van der Waals surface area contributed by atoms with Crippen LogP contribution in [0, 0.1) is 10.1 Å². The van der Waals surface area contributed by atoms with E-state index in [1.54, 1.807) is 19.9 Å². The molecule has 1 aromatic rings. The Balaban J connectivity index is 2.56. The molecule has 1 N–H and O–H groups in total. The maximum Gasteiger partial charge on any atom is 0.304 e. The number of aromatic nitrogens is 2. The fraction of sp³-hybridized carbons (Fsp3) is 0.375. The zero-order chi connectivity index (χ0) is 11.1. The lowest BCUT2D eigenvalue weighted by Gasteiger charge is -2.14. The Hall–Kier alpha value is -2.05. The molecule has 7 nitrogen and oxygen atoms in total. The van der Waals surface area contributed by atoms with E-state index in [1.165, 1.54) is 6.20 Å². The van der Waals surface area contributed by atoms with Crippen molar-refractivity contribution in [2.24, 2.45) is 10.2 Å². The minimum atomic E-state index is -1.05. The number of hydrogen-bond acceptors (Lipinski definition) is 5. The van der Waals surface area contributed by atoms with E-state index in [9.17, 15) is 10.1 Å². The van der Waals surface area contributed by atoms with Crippen LogP contribution < -0.4 is 0 Å². The molecule has 0 bridgehead atoms. The molecule has 15 heavy (non-hydrogen) atoms. The number of hydrogen-bond donors (Lipinski definition) is 1. The summed E-state index contributed by atoms with van der Waals surface area (Å²) in [5, 5.41) is 25.1. The van der Waals surface area contributed by atoms with Gasteiger partial charge in [-0.15, -0.1) is 0 Å². The first-order chi connectivity index (χ1) is 7.05. The van der Waals surface area contributed by atoms with Gasteiger partial charge < -0.3 is 0 Å². The second-order valence-electron chi connectivity index (χ2n) is 3.43. The summed E-state index contributed by atoms with van der Waals surface area (Å²) in [7, 11) is 0. The normalized spacial score (nSPS) is 24.9. The highest BCUT2D eigenvalue weighted by atomic mass is 16.6. The molecule has 0 aliphatic carbocycles. The molecule has 2 heterocycles. The Morgan fingerprint density at radius 2 is 2.33 bits per heavy atom. The molecule has 1 atom stereocenters. The van der Waals surface area contributed by atoms with E-state index in [4.69, 9.17) is 0 Å². The van der Waals surface area contributed by atoms with Crippen LogP contribution in [0.2, 0.25) is 0 Å². The third kappa shape index (κ3) is 1.24. The van der Waals surface area contributed by atoms with E-state index >= 15 is 0 Å². The first-order valence-corrected chi connectivity index (χ1v) is 4.34. The van der Waals surface area contributed by atoms with Gasteiger partial charge in [0.15, 0.2) is 0 Å². The van der Waals surface area contributed by atoms with Crippen LogP contribution in [0.3, 0.4) is 0 Å². The van der Waals surface area contributed by atoms with Crippen molar-refractivity contribution in [2.75, 3.05) is 0 Å². The van der Waals surface area contributed by atoms with Crippen LogP contribution in [0.15, 0.2) is 33.9 Å². The Morgan fingerprint density at radius 1 is 1.60 bits per heavy atom. The van der Waals surface area contributed by atoms with Crippen LogP contribution in [0.25, 0.3) is 0 Å². The number of nitrogens with zero attached hydrogens (tertiary/aromatic N) is 4. The molecule has 0 amide bonds. The standard InChI is InChI=1S/C8H9N5O2/c1-5-7(13(14)15)8(2,12-10-5)6-3-4-9-11-6/h3-4H,1-2H3,(H,9,11). The van der Waals surface area contributed by atoms with Gasteiger partial charge in [0.25, 0.3) is 0 Å². The van der Waals surface area contributed by atoms with Gasteiger partial charge in [-0.2, -0.15) is 15.3 Å². The summed E-state index contributed by atoms with van der Waals surface area (Å²) in [4.78, 5) is 10.5. The Morgan fingerprint density at radius 3 is 2.87 bits per heavy atom. The van der Waals surface area contributed by atoms with Crippen LogP contribution in [0.5, 0.6) is 0 Å². The molecular weight excluding hydrogens is 198 g/mol. The predicted octanol–water partition coefficient (Wildman–Crippen LogP) is 1.60. The molecule has 1 aromatic heterocycles. The third-order valence-electron chi connectivity index (χ3n) is 2.41. The number of allylic oxidation sites excluding steroid dienone is 1. The Bertz CT molecular complexity index is 461. The number of nitrogens with one attached hydrogen (secondary N) is 1. The lowest BCUT2D eigenvalue weighted by atomic mass is 9.95. The van der Waals surface area contributed by atoms with Gasteiger partial charge in [0.2, 0.25) is 5.54 Å². The predicted molar refractivity (Wildman–Crippen MR) is 50.5 cm³/mol. The molecule has 0 saturated heterocycles. The van der Waals surface area contributed by atoms with E-state index in [-0.39, 0.29) is 5.70 Å². The molecule has 7 heteroatoms. The number of aromatic amines is 1. The van der Waals surface area contributed by atoms with Crippen LogP contribution in [-0.4, -0.2) is 15.1 Å². The zero-order valence-electron chi connectivity index (χ0n) is 8.26. The van der Waals surface area contributed by atoms with Gasteiger partial charge in [0.05, 0.1) is 10.6 Å². The molecule has 0 radical (unpaired) electrons. The quantitative estimate of drug-likeness (QED) is 0.589. The topological polar surface area (TPSA) is 96.5 Å². The summed E-state index contributed by atoms with van der Waals surface area (Å²) >= 11 is 0. The van der Waals surface area contributed by atoms with Crippen LogP contribution >= 0.6 is 0 Å². The van der Waals surface area contributed by atoms with Crippen molar-refractivity contribution in [2.45, 2.75) is 19.4 Å². The van der Waals surface area contributed by atoms with Crippen LogP contribution in [0.4, 0.5) is 0 Å². The van der Waals surface area contributed by atoms with Crippen molar-refractivity contribution in [1.29, 1.82) is 0 Å². The summed E-state index contributed by atoms with van der Waals surface area (Å²) < 4.78 is 0. The first-order valence-electron chi connectivity index (χ1n) is 4.34. The molecule has 0 aromatic carbocycles. The molecule has 0 spiro atoms. The lowest BCUT2D eigenvalue weighted by molar-refractivity contribution is -0.435. The first kappa shape index (κ1) is 9.50. The van der Waals surface area contributed by atoms with Gasteiger partial charge in [0, 0.05) is 6.20 Å². The molecule has 78 valence electrons. The summed E-state index contributed by atoms with van der Waals surface area (Å²) in [6.45, 7) is 3.21. The molecule has 1 aliphatic heterocycles. The van der Waals surface area contributed by atoms with E-state index in [0.717, 1.165) is 0 Å². The van der Waals surface area contributed by atoms with Crippen molar-refractivity contribution >= 4 is 0 Å². The smallest absolute Gasteiger partial charge is 0.279 e. The second-order valence-corrected chi connectivity index (χ2v) is 3.43. The van der Waals surface area contributed by atoms with Gasteiger partial charge >= 0.3 is 5.70 Å². The highest BCUT2D eigenvalue weighted by molar-refractivity contribution is 5.30. The number of nitro groups is 1. The van der Waals surface area contributed by atoms with Crippen molar-refractivity contribution in [3.8, 4) is 0 Å². The lowest BCUT2D eigenvalue weighted by Crippen LogP contribution is -2.25. The minimum Gasteiger partial charge on any atom is -0.279 e. The molecule has 0 saturated carbocycles. The summed E-state index contributed by atoms with van der Waals surface area (Å²) in [6.07, 6.45) is 1.53.